The van der Waals surface area contributed by atoms with Gasteiger partial charge in [-0.2, -0.15) is 0 Å². The van der Waals surface area contributed by atoms with E-state index in [2.05, 4.69) is 5.32 Å². The summed E-state index contributed by atoms with van der Waals surface area (Å²) < 4.78 is 1.67. The number of hydrogen-bond donors (Lipinski definition) is 1. The molecule has 1 aliphatic rings. The Morgan fingerprint density at radius 2 is 1.74 bits per heavy atom. The van der Waals surface area contributed by atoms with Gasteiger partial charge in [-0.1, -0.05) is 48.0 Å². The number of carbonyl (C=O) groups excluding carboxylic acids is 1. The Morgan fingerprint density at radius 3 is 2.48 bits per heavy atom. The minimum atomic E-state index is -0.0562. The molecule has 0 saturated carbocycles. The zero-order valence-electron chi connectivity index (χ0n) is 12.8. The number of ketones is 1. The lowest BCUT2D eigenvalue weighted by molar-refractivity contribution is 0.104. The summed E-state index contributed by atoms with van der Waals surface area (Å²) in [4.78, 5) is 25.7. The van der Waals surface area contributed by atoms with Crippen molar-refractivity contribution in [3.05, 3.63) is 75.6 Å². The van der Waals surface area contributed by atoms with E-state index >= 15 is 0 Å². The van der Waals surface area contributed by atoms with Gasteiger partial charge in [0.25, 0.3) is 5.56 Å². The van der Waals surface area contributed by atoms with Crippen molar-refractivity contribution in [3.8, 4) is 0 Å². The van der Waals surface area contributed by atoms with Crippen molar-refractivity contribution in [1.82, 2.24) is 4.57 Å². The normalized spacial score (nSPS) is 12.9. The third kappa shape index (κ3) is 2.06. The zero-order valence-corrected chi connectivity index (χ0v) is 12.8. The molecule has 0 amide bonds. The molecule has 2 heterocycles. The molecule has 4 rings (SSSR count). The van der Waals surface area contributed by atoms with Gasteiger partial charge in [-0.15, -0.1) is 0 Å². The van der Waals surface area contributed by atoms with E-state index < -0.39 is 0 Å². The Labute approximate surface area is 133 Å². The van der Waals surface area contributed by atoms with Crippen LogP contribution in [0.1, 0.15) is 21.5 Å². The van der Waals surface area contributed by atoms with Crippen LogP contribution in [0.4, 0.5) is 5.82 Å². The van der Waals surface area contributed by atoms with Gasteiger partial charge in [-0.05, 0) is 13.0 Å². The lowest BCUT2D eigenvalue weighted by Gasteiger charge is -2.13. The predicted molar refractivity (Wildman–Crippen MR) is 91.3 cm³/mol. The molecule has 4 heteroatoms. The summed E-state index contributed by atoms with van der Waals surface area (Å²) in [6.45, 7) is 3.25. The van der Waals surface area contributed by atoms with Crippen molar-refractivity contribution in [2.45, 2.75) is 13.5 Å². The van der Waals surface area contributed by atoms with E-state index in [0.717, 1.165) is 5.56 Å². The maximum Gasteiger partial charge on any atom is 0.260 e. The number of benzene rings is 2. The SMILES string of the molecule is Cc1ccc(C(=O)c2c3n(c(=O)c4ccccc24)CCN3)cc1. The lowest BCUT2D eigenvalue weighted by atomic mass is 9.97. The first-order valence-electron chi connectivity index (χ1n) is 7.67. The van der Waals surface area contributed by atoms with Crippen LogP contribution in [0.5, 0.6) is 0 Å². The largest absolute Gasteiger partial charge is 0.369 e. The van der Waals surface area contributed by atoms with Crippen LogP contribution < -0.4 is 10.9 Å². The molecule has 0 saturated heterocycles. The van der Waals surface area contributed by atoms with Gasteiger partial charge in [-0.25, -0.2) is 0 Å². The first kappa shape index (κ1) is 13.8. The van der Waals surface area contributed by atoms with Crippen LogP contribution in [0.25, 0.3) is 10.8 Å². The molecule has 2 aromatic carbocycles. The summed E-state index contributed by atoms with van der Waals surface area (Å²) in [6.07, 6.45) is 0. The Morgan fingerprint density at radius 1 is 1.04 bits per heavy atom. The van der Waals surface area contributed by atoms with Crippen LogP contribution >= 0.6 is 0 Å². The fourth-order valence-corrected chi connectivity index (χ4v) is 3.16. The van der Waals surface area contributed by atoms with Gasteiger partial charge in [0.2, 0.25) is 0 Å². The van der Waals surface area contributed by atoms with Gasteiger partial charge in [-0.3, -0.25) is 14.2 Å². The number of pyridine rings is 1. The van der Waals surface area contributed by atoms with E-state index in [0.29, 0.717) is 40.8 Å². The minimum Gasteiger partial charge on any atom is -0.369 e. The highest BCUT2D eigenvalue weighted by molar-refractivity contribution is 6.19. The minimum absolute atomic E-state index is 0.0407. The molecule has 114 valence electrons. The Hall–Kier alpha value is -2.88. The van der Waals surface area contributed by atoms with E-state index in [9.17, 15) is 9.59 Å². The maximum absolute atomic E-state index is 13.1. The van der Waals surface area contributed by atoms with Gasteiger partial charge in [0.15, 0.2) is 5.78 Å². The number of aromatic nitrogens is 1. The van der Waals surface area contributed by atoms with Gasteiger partial charge < -0.3 is 5.32 Å². The summed E-state index contributed by atoms with van der Waals surface area (Å²) >= 11 is 0. The highest BCUT2D eigenvalue weighted by Crippen LogP contribution is 2.28. The van der Waals surface area contributed by atoms with Crippen molar-refractivity contribution in [1.29, 1.82) is 0 Å². The summed E-state index contributed by atoms with van der Waals surface area (Å²) in [5.41, 5.74) is 2.29. The first-order chi connectivity index (χ1) is 11.2. The Balaban J connectivity index is 2.03. The first-order valence-corrected chi connectivity index (χ1v) is 7.67. The van der Waals surface area contributed by atoms with Crippen LogP contribution in [0.2, 0.25) is 0 Å². The summed E-state index contributed by atoms with van der Waals surface area (Å²) in [6, 6.07) is 14.9. The molecule has 0 bridgehead atoms. The number of carbonyl (C=O) groups is 1. The molecule has 0 atom stereocenters. The van der Waals surface area contributed by atoms with Crippen LogP contribution in [0.15, 0.2) is 53.3 Å². The Kier molecular flexibility index (Phi) is 3.05. The molecule has 4 nitrogen and oxygen atoms in total. The summed E-state index contributed by atoms with van der Waals surface area (Å²) in [5, 5.41) is 4.51. The highest BCUT2D eigenvalue weighted by atomic mass is 16.1. The highest BCUT2D eigenvalue weighted by Gasteiger charge is 2.25. The van der Waals surface area contributed by atoms with Gasteiger partial charge >= 0.3 is 0 Å². The van der Waals surface area contributed by atoms with Gasteiger partial charge in [0.05, 0.1) is 5.56 Å². The van der Waals surface area contributed by atoms with Gasteiger partial charge in [0.1, 0.15) is 5.82 Å². The predicted octanol–water partition coefficient (Wildman–Crippen LogP) is 2.97. The van der Waals surface area contributed by atoms with Crippen LogP contribution in [0, 0.1) is 6.92 Å². The van der Waals surface area contributed by atoms with Crippen molar-refractivity contribution < 1.29 is 4.79 Å². The second-order valence-corrected chi connectivity index (χ2v) is 5.85. The van der Waals surface area contributed by atoms with Crippen LogP contribution in [-0.2, 0) is 6.54 Å². The number of rotatable bonds is 2. The lowest BCUT2D eigenvalue weighted by Crippen LogP contribution is -2.21. The third-order valence-electron chi connectivity index (χ3n) is 4.35. The third-order valence-corrected chi connectivity index (χ3v) is 4.35. The standard InChI is InChI=1S/C19H16N2O2/c1-12-6-8-13(9-7-12)17(22)16-14-4-2-3-5-15(14)19(23)21-11-10-20-18(16)21/h2-9,20H,10-11H2,1H3. The maximum atomic E-state index is 13.1. The second-order valence-electron chi connectivity index (χ2n) is 5.85. The van der Waals surface area contributed by atoms with E-state index in [-0.39, 0.29) is 11.3 Å². The number of nitrogens with zero attached hydrogens (tertiary/aromatic N) is 1. The molecular weight excluding hydrogens is 288 g/mol. The van der Waals surface area contributed by atoms with E-state index in [1.54, 1.807) is 10.6 Å². The van der Waals surface area contributed by atoms with Crippen molar-refractivity contribution in [3.63, 3.8) is 0 Å². The molecule has 1 N–H and O–H groups in total. The van der Waals surface area contributed by atoms with E-state index in [1.165, 1.54) is 0 Å². The summed E-state index contributed by atoms with van der Waals surface area (Å²) in [7, 11) is 0. The van der Waals surface area contributed by atoms with Crippen LogP contribution in [0.3, 0.4) is 0 Å². The smallest absolute Gasteiger partial charge is 0.260 e. The molecule has 3 aromatic rings. The average molecular weight is 304 g/mol. The average Bonchev–Trinajstić information content (AvgIpc) is 3.05. The fourth-order valence-electron chi connectivity index (χ4n) is 3.16. The van der Waals surface area contributed by atoms with E-state index in [1.807, 2.05) is 49.4 Å². The molecular formula is C19H16N2O2. The quantitative estimate of drug-likeness (QED) is 0.741. The molecule has 1 aromatic heterocycles. The van der Waals surface area contributed by atoms with E-state index in [4.69, 9.17) is 0 Å². The van der Waals surface area contributed by atoms with Crippen molar-refractivity contribution in [2.24, 2.45) is 0 Å². The Bertz CT molecular complexity index is 985. The molecule has 0 fully saturated rings. The molecule has 1 aliphatic heterocycles. The molecule has 23 heavy (non-hydrogen) atoms. The molecule has 0 unspecified atom stereocenters. The number of hydrogen-bond acceptors (Lipinski definition) is 3. The van der Waals surface area contributed by atoms with Crippen LogP contribution in [-0.4, -0.2) is 16.9 Å². The second kappa shape index (κ2) is 5.09. The number of anilines is 1. The van der Waals surface area contributed by atoms with Gasteiger partial charge in [0, 0.05) is 29.4 Å². The topological polar surface area (TPSA) is 51.1 Å². The van der Waals surface area contributed by atoms with Crippen molar-refractivity contribution in [2.75, 3.05) is 11.9 Å². The molecule has 0 radical (unpaired) electrons. The zero-order chi connectivity index (χ0) is 16.0. The molecule has 0 aliphatic carbocycles. The molecule has 0 spiro atoms. The fraction of sp³-hybridized carbons (Fsp3) is 0.158. The monoisotopic (exact) mass is 304 g/mol. The number of aryl methyl sites for hydroxylation is 1. The number of nitrogens with one attached hydrogen (secondary N) is 1. The number of fused-ring (bicyclic) bond motifs is 2. The summed E-state index contributed by atoms with van der Waals surface area (Å²) in [5.74, 6) is 0.582. The van der Waals surface area contributed by atoms with Crippen molar-refractivity contribution >= 4 is 22.4 Å².